The molecule has 0 bridgehead atoms. The summed E-state index contributed by atoms with van der Waals surface area (Å²) in [6.07, 6.45) is 0. The van der Waals surface area contributed by atoms with Gasteiger partial charge in [-0.1, -0.05) is 17.7 Å². The Kier molecular flexibility index (Phi) is 3.97. The number of anilines is 1. The van der Waals surface area contributed by atoms with Gasteiger partial charge in [-0.3, -0.25) is 4.79 Å². The number of aryl methyl sites for hydroxylation is 1. The highest BCUT2D eigenvalue weighted by Gasteiger charge is 2.11. The first-order chi connectivity index (χ1) is 7.04. The summed E-state index contributed by atoms with van der Waals surface area (Å²) in [4.78, 5) is 11.3. The SMILES string of the molecule is CNC(=O)C(C)Nc1cc(Cl)ccc1C. The Bertz CT molecular complexity index is 366. The average molecular weight is 227 g/mol. The zero-order valence-electron chi connectivity index (χ0n) is 9.10. The van der Waals surface area contributed by atoms with E-state index in [4.69, 9.17) is 11.6 Å². The minimum atomic E-state index is -0.271. The first kappa shape index (κ1) is 11.9. The van der Waals surface area contributed by atoms with Crippen LogP contribution in [0.5, 0.6) is 0 Å². The zero-order valence-corrected chi connectivity index (χ0v) is 9.85. The summed E-state index contributed by atoms with van der Waals surface area (Å²) in [5.41, 5.74) is 1.95. The molecule has 0 saturated heterocycles. The molecule has 3 nitrogen and oxygen atoms in total. The molecule has 1 aromatic rings. The van der Waals surface area contributed by atoms with Gasteiger partial charge in [-0.2, -0.15) is 0 Å². The van der Waals surface area contributed by atoms with Crippen molar-refractivity contribution in [1.29, 1.82) is 0 Å². The summed E-state index contributed by atoms with van der Waals surface area (Å²) in [6, 6.07) is 5.29. The topological polar surface area (TPSA) is 41.1 Å². The van der Waals surface area contributed by atoms with Gasteiger partial charge in [0, 0.05) is 17.8 Å². The lowest BCUT2D eigenvalue weighted by Crippen LogP contribution is -2.35. The predicted octanol–water partition coefficient (Wildman–Crippen LogP) is 2.19. The van der Waals surface area contributed by atoms with Crippen molar-refractivity contribution in [1.82, 2.24) is 5.32 Å². The molecule has 82 valence electrons. The molecule has 1 unspecified atom stereocenters. The van der Waals surface area contributed by atoms with Crippen molar-refractivity contribution in [3.8, 4) is 0 Å². The van der Waals surface area contributed by atoms with E-state index in [1.165, 1.54) is 0 Å². The fourth-order valence-electron chi connectivity index (χ4n) is 1.27. The van der Waals surface area contributed by atoms with E-state index in [1.54, 1.807) is 14.0 Å². The number of benzene rings is 1. The van der Waals surface area contributed by atoms with Crippen molar-refractivity contribution < 1.29 is 4.79 Å². The van der Waals surface area contributed by atoms with Crippen LogP contribution in [0, 0.1) is 6.92 Å². The van der Waals surface area contributed by atoms with E-state index in [2.05, 4.69) is 10.6 Å². The third kappa shape index (κ3) is 3.13. The van der Waals surface area contributed by atoms with E-state index >= 15 is 0 Å². The highest BCUT2D eigenvalue weighted by atomic mass is 35.5. The summed E-state index contributed by atoms with van der Waals surface area (Å²) in [6.45, 7) is 3.77. The monoisotopic (exact) mass is 226 g/mol. The van der Waals surface area contributed by atoms with Crippen molar-refractivity contribution in [3.05, 3.63) is 28.8 Å². The quantitative estimate of drug-likeness (QED) is 0.830. The molecule has 0 heterocycles. The largest absolute Gasteiger partial charge is 0.374 e. The molecular weight excluding hydrogens is 212 g/mol. The minimum Gasteiger partial charge on any atom is -0.374 e. The van der Waals surface area contributed by atoms with Crippen molar-refractivity contribution in [2.45, 2.75) is 19.9 Å². The number of carbonyl (C=O) groups is 1. The number of nitrogens with one attached hydrogen (secondary N) is 2. The van der Waals surface area contributed by atoms with Crippen molar-refractivity contribution in [2.24, 2.45) is 0 Å². The van der Waals surface area contributed by atoms with Crippen LogP contribution >= 0.6 is 11.6 Å². The van der Waals surface area contributed by atoms with Gasteiger partial charge < -0.3 is 10.6 Å². The van der Waals surface area contributed by atoms with Gasteiger partial charge in [-0.25, -0.2) is 0 Å². The fourth-order valence-corrected chi connectivity index (χ4v) is 1.44. The smallest absolute Gasteiger partial charge is 0.241 e. The van der Waals surface area contributed by atoms with Crippen LogP contribution in [-0.2, 0) is 4.79 Å². The Hall–Kier alpha value is -1.22. The Morgan fingerprint density at radius 3 is 2.73 bits per heavy atom. The van der Waals surface area contributed by atoms with E-state index in [0.717, 1.165) is 11.3 Å². The number of halogens is 1. The molecule has 1 atom stereocenters. The average Bonchev–Trinajstić information content (AvgIpc) is 2.22. The summed E-state index contributed by atoms with van der Waals surface area (Å²) in [7, 11) is 1.62. The molecule has 0 aliphatic carbocycles. The highest BCUT2D eigenvalue weighted by molar-refractivity contribution is 6.30. The number of hydrogen-bond acceptors (Lipinski definition) is 2. The summed E-state index contributed by atoms with van der Waals surface area (Å²) < 4.78 is 0. The molecule has 0 aromatic heterocycles. The molecule has 0 aliphatic heterocycles. The van der Waals surface area contributed by atoms with Gasteiger partial charge in [-0.05, 0) is 31.5 Å². The van der Waals surface area contributed by atoms with E-state index in [1.807, 2.05) is 25.1 Å². The summed E-state index contributed by atoms with van der Waals surface area (Å²) in [5, 5.41) is 6.35. The maximum Gasteiger partial charge on any atom is 0.241 e. The molecule has 0 spiro atoms. The van der Waals surface area contributed by atoms with Crippen LogP contribution in [0.2, 0.25) is 5.02 Å². The molecular formula is C11H15ClN2O. The maximum absolute atomic E-state index is 11.3. The molecule has 0 aliphatic rings. The molecule has 1 aromatic carbocycles. The molecule has 0 saturated carbocycles. The molecule has 2 N–H and O–H groups in total. The minimum absolute atomic E-state index is 0.0469. The number of rotatable bonds is 3. The van der Waals surface area contributed by atoms with E-state index in [-0.39, 0.29) is 11.9 Å². The van der Waals surface area contributed by atoms with Gasteiger partial charge >= 0.3 is 0 Å². The van der Waals surface area contributed by atoms with Gasteiger partial charge in [0.2, 0.25) is 5.91 Å². The van der Waals surface area contributed by atoms with Crippen LogP contribution < -0.4 is 10.6 Å². The summed E-state index contributed by atoms with van der Waals surface area (Å²) in [5.74, 6) is -0.0469. The molecule has 1 rings (SSSR count). The van der Waals surface area contributed by atoms with Crippen LogP contribution in [0.25, 0.3) is 0 Å². The third-order valence-electron chi connectivity index (χ3n) is 2.21. The van der Waals surface area contributed by atoms with Crippen molar-refractivity contribution >= 4 is 23.2 Å². The van der Waals surface area contributed by atoms with Gasteiger partial charge in [0.25, 0.3) is 0 Å². The standard InChI is InChI=1S/C11H15ClN2O/c1-7-4-5-9(12)6-10(7)14-8(2)11(15)13-3/h4-6,8,14H,1-3H3,(H,13,15). The van der Waals surface area contributed by atoms with Crippen molar-refractivity contribution in [3.63, 3.8) is 0 Å². The van der Waals surface area contributed by atoms with Gasteiger partial charge in [-0.15, -0.1) is 0 Å². The number of hydrogen-bond donors (Lipinski definition) is 2. The van der Waals surface area contributed by atoms with Crippen LogP contribution in [0.15, 0.2) is 18.2 Å². The summed E-state index contributed by atoms with van der Waals surface area (Å²) >= 11 is 5.87. The second-order valence-corrected chi connectivity index (χ2v) is 3.88. The van der Waals surface area contributed by atoms with Crippen molar-refractivity contribution in [2.75, 3.05) is 12.4 Å². The Balaban J connectivity index is 2.80. The van der Waals surface area contributed by atoms with E-state index in [0.29, 0.717) is 5.02 Å². The van der Waals surface area contributed by atoms with Crippen LogP contribution in [0.4, 0.5) is 5.69 Å². The molecule has 0 radical (unpaired) electrons. The maximum atomic E-state index is 11.3. The number of carbonyl (C=O) groups excluding carboxylic acids is 1. The molecule has 0 fully saturated rings. The molecule has 4 heteroatoms. The Morgan fingerprint density at radius 1 is 1.47 bits per heavy atom. The van der Waals surface area contributed by atoms with Gasteiger partial charge in [0.15, 0.2) is 0 Å². The van der Waals surface area contributed by atoms with E-state index < -0.39 is 0 Å². The fraction of sp³-hybridized carbons (Fsp3) is 0.364. The first-order valence-electron chi connectivity index (χ1n) is 4.79. The first-order valence-corrected chi connectivity index (χ1v) is 5.16. The third-order valence-corrected chi connectivity index (χ3v) is 2.45. The normalized spacial score (nSPS) is 12.0. The Labute approximate surface area is 94.8 Å². The lowest BCUT2D eigenvalue weighted by atomic mass is 10.2. The van der Waals surface area contributed by atoms with Crippen LogP contribution in [-0.4, -0.2) is 19.0 Å². The van der Waals surface area contributed by atoms with Gasteiger partial charge in [0.05, 0.1) is 0 Å². The number of amides is 1. The second kappa shape index (κ2) is 5.03. The van der Waals surface area contributed by atoms with E-state index in [9.17, 15) is 4.79 Å². The Morgan fingerprint density at radius 2 is 2.13 bits per heavy atom. The predicted molar refractivity (Wildman–Crippen MR) is 63.3 cm³/mol. The lowest BCUT2D eigenvalue weighted by Gasteiger charge is -2.15. The molecule has 15 heavy (non-hydrogen) atoms. The highest BCUT2D eigenvalue weighted by Crippen LogP contribution is 2.20. The van der Waals surface area contributed by atoms with Gasteiger partial charge in [0.1, 0.15) is 6.04 Å². The van der Waals surface area contributed by atoms with Crippen LogP contribution in [0.1, 0.15) is 12.5 Å². The van der Waals surface area contributed by atoms with Crippen LogP contribution in [0.3, 0.4) is 0 Å². The second-order valence-electron chi connectivity index (χ2n) is 3.44. The zero-order chi connectivity index (χ0) is 11.4. The number of likely N-dealkylation sites (N-methyl/N-ethyl adjacent to an activating group) is 1. The molecule has 1 amide bonds. The lowest BCUT2D eigenvalue weighted by molar-refractivity contribution is -0.121.